The topological polar surface area (TPSA) is 45.5 Å². The summed E-state index contributed by atoms with van der Waals surface area (Å²) in [6.45, 7) is 2.15. The van der Waals surface area contributed by atoms with Gasteiger partial charge in [0.25, 0.3) is 0 Å². The maximum atomic E-state index is 5.05. The average molecular weight is 321 g/mol. The van der Waals surface area contributed by atoms with Crippen LogP contribution in [0.4, 0.5) is 5.69 Å². The van der Waals surface area contributed by atoms with E-state index in [2.05, 4.69) is 52.7 Å². The second-order valence-electron chi connectivity index (χ2n) is 6.61. The number of benzene rings is 1. The van der Waals surface area contributed by atoms with Crippen molar-refractivity contribution in [1.29, 1.82) is 0 Å². The molecule has 0 spiro atoms. The molecule has 1 N–H and O–H groups in total. The van der Waals surface area contributed by atoms with Crippen molar-refractivity contribution < 1.29 is 0 Å². The Hall–Kier alpha value is -2.56. The molecule has 1 unspecified atom stereocenters. The van der Waals surface area contributed by atoms with Gasteiger partial charge in [-0.3, -0.25) is 4.68 Å². The molecular formula is C19H23N5. The van der Waals surface area contributed by atoms with Gasteiger partial charge in [0.2, 0.25) is 0 Å². The zero-order valence-electron chi connectivity index (χ0n) is 14.2. The Bertz CT molecular complexity index is 770. The van der Waals surface area contributed by atoms with Gasteiger partial charge in [0, 0.05) is 31.0 Å². The molecule has 24 heavy (non-hydrogen) atoms. The first-order chi connectivity index (χ1) is 11.7. The maximum absolute atomic E-state index is 5.05. The Morgan fingerprint density at radius 1 is 1.17 bits per heavy atom. The van der Waals surface area contributed by atoms with Crippen molar-refractivity contribution in [1.82, 2.24) is 14.7 Å². The third-order valence-corrected chi connectivity index (χ3v) is 4.79. The molecule has 1 aliphatic carbocycles. The fourth-order valence-corrected chi connectivity index (χ4v) is 3.29. The number of nitrogens with zero attached hydrogens (tertiary/aromatic N) is 4. The van der Waals surface area contributed by atoms with E-state index in [-0.39, 0.29) is 6.29 Å². The van der Waals surface area contributed by atoms with E-state index in [0.717, 1.165) is 17.0 Å². The lowest BCUT2D eigenvalue weighted by Gasteiger charge is -2.43. The summed E-state index contributed by atoms with van der Waals surface area (Å²) in [4.78, 5) is 7.42. The van der Waals surface area contributed by atoms with Crippen LogP contribution in [0.3, 0.4) is 0 Å². The highest BCUT2D eigenvalue weighted by Gasteiger charge is 2.31. The molecule has 124 valence electrons. The molecule has 1 fully saturated rings. The SMILES string of the molecule is CC1=CN(C2CCC2)C(Nc2cnn(C)c2)N=C1c1ccccc1. The summed E-state index contributed by atoms with van der Waals surface area (Å²) >= 11 is 0. The summed E-state index contributed by atoms with van der Waals surface area (Å²) in [5.41, 5.74) is 4.44. The monoisotopic (exact) mass is 321 g/mol. The number of hydrogen-bond acceptors (Lipinski definition) is 4. The number of aliphatic imine (C=N–C) groups is 1. The van der Waals surface area contributed by atoms with E-state index in [4.69, 9.17) is 4.99 Å². The molecular weight excluding hydrogens is 298 g/mol. The number of anilines is 1. The summed E-state index contributed by atoms with van der Waals surface area (Å²) in [6, 6.07) is 11.0. The molecule has 4 rings (SSSR count). The van der Waals surface area contributed by atoms with Crippen LogP contribution in [-0.2, 0) is 7.05 Å². The van der Waals surface area contributed by atoms with Gasteiger partial charge in [-0.15, -0.1) is 0 Å². The smallest absolute Gasteiger partial charge is 0.197 e. The fourth-order valence-electron chi connectivity index (χ4n) is 3.29. The molecule has 5 nitrogen and oxygen atoms in total. The predicted octanol–water partition coefficient (Wildman–Crippen LogP) is 3.38. The molecule has 0 radical (unpaired) electrons. The van der Waals surface area contributed by atoms with Crippen molar-refractivity contribution in [2.75, 3.05) is 5.32 Å². The Morgan fingerprint density at radius 2 is 1.96 bits per heavy atom. The lowest BCUT2D eigenvalue weighted by atomic mass is 9.91. The fraction of sp³-hybridized carbons (Fsp3) is 0.368. The normalized spacial score (nSPS) is 21.1. The van der Waals surface area contributed by atoms with Crippen LogP contribution in [0, 0.1) is 0 Å². The Kier molecular flexibility index (Phi) is 3.84. The molecule has 0 bridgehead atoms. The second-order valence-corrected chi connectivity index (χ2v) is 6.61. The molecule has 1 atom stereocenters. The molecule has 1 saturated carbocycles. The summed E-state index contributed by atoms with van der Waals surface area (Å²) in [5.74, 6) is 0. The van der Waals surface area contributed by atoms with Gasteiger partial charge in [0.1, 0.15) is 0 Å². The van der Waals surface area contributed by atoms with Crippen molar-refractivity contribution in [3.8, 4) is 0 Å². The molecule has 1 aromatic heterocycles. The zero-order valence-corrected chi connectivity index (χ0v) is 14.2. The van der Waals surface area contributed by atoms with Gasteiger partial charge >= 0.3 is 0 Å². The van der Waals surface area contributed by atoms with Crippen LogP contribution in [0.2, 0.25) is 0 Å². The number of aromatic nitrogens is 2. The van der Waals surface area contributed by atoms with Crippen LogP contribution in [0.25, 0.3) is 0 Å². The van der Waals surface area contributed by atoms with Crippen LogP contribution in [0.1, 0.15) is 31.7 Å². The number of hydrogen-bond donors (Lipinski definition) is 1. The van der Waals surface area contributed by atoms with Gasteiger partial charge in [-0.2, -0.15) is 5.10 Å². The lowest BCUT2D eigenvalue weighted by molar-refractivity contribution is 0.148. The lowest BCUT2D eigenvalue weighted by Crippen LogP contribution is -2.48. The van der Waals surface area contributed by atoms with Gasteiger partial charge in [0.05, 0.1) is 17.6 Å². The van der Waals surface area contributed by atoms with Crippen LogP contribution < -0.4 is 5.32 Å². The standard InChI is InChI=1S/C19H23N5/c1-14-12-24(17-9-6-10-17)19(21-16-11-20-23(2)13-16)22-18(14)15-7-4-3-5-8-15/h3-5,7-8,11-13,17,19,21H,6,9-10H2,1-2H3. The van der Waals surface area contributed by atoms with Gasteiger partial charge in [-0.1, -0.05) is 30.3 Å². The van der Waals surface area contributed by atoms with Gasteiger partial charge in [0.15, 0.2) is 6.29 Å². The number of allylic oxidation sites excluding steroid dienone is 1. The largest absolute Gasteiger partial charge is 0.344 e. The Labute approximate surface area is 142 Å². The van der Waals surface area contributed by atoms with E-state index in [1.54, 1.807) is 0 Å². The molecule has 0 saturated heterocycles. The first kappa shape index (κ1) is 15.0. The highest BCUT2D eigenvalue weighted by molar-refractivity contribution is 6.12. The minimum Gasteiger partial charge on any atom is -0.344 e. The molecule has 1 aromatic carbocycles. The van der Waals surface area contributed by atoms with E-state index in [1.165, 1.54) is 24.8 Å². The summed E-state index contributed by atoms with van der Waals surface area (Å²) in [7, 11) is 1.93. The molecule has 2 aliphatic rings. The molecule has 0 amide bonds. The maximum Gasteiger partial charge on any atom is 0.197 e. The Balaban J connectivity index is 1.66. The van der Waals surface area contributed by atoms with E-state index < -0.39 is 0 Å². The van der Waals surface area contributed by atoms with Crippen LogP contribution in [-0.4, -0.2) is 32.7 Å². The molecule has 5 heteroatoms. The summed E-state index contributed by atoms with van der Waals surface area (Å²) in [5, 5.41) is 7.78. The third kappa shape index (κ3) is 2.82. The van der Waals surface area contributed by atoms with Crippen molar-refractivity contribution in [2.24, 2.45) is 12.0 Å². The Morgan fingerprint density at radius 3 is 2.58 bits per heavy atom. The second kappa shape index (κ2) is 6.15. The van der Waals surface area contributed by atoms with Crippen molar-refractivity contribution in [3.63, 3.8) is 0 Å². The van der Waals surface area contributed by atoms with E-state index in [9.17, 15) is 0 Å². The zero-order chi connectivity index (χ0) is 16.5. The van der Waals surface area contributed by atoms with Gasteiger partial charge in [-0.05, 0) is 31.8 Å². The average Bonchev–Trinajstić information content (AvgIpc) is 2.94. The molecule has 2 heterocycles. The first-order valence-corrected chi connectivity index (χ1v) is 8.55. The summed E-state index contributed by atoms with van der Waals surface area (Å²) in [6.07, 6.45) is 9.81. The van der Waals surface area contributed by atoms with Crippen LogP contribution in [0.15, 0.2) is 59.5 Å². The molecule has 2 aromatic rings. The number of aryl methyl sites for hydroxylation is 1. The highest BCUT2D eigenvalue weighted by Crippen LogP contribution is 2.31. The van der Waals surface area contributed by atoms with E-state index in [0.29, 0.717) is 6.04 Å². The summed E-state index contributed by atoms with van der Waals surface area (Å²) < 4.78 is 1.81. The molecule has 1 aliphatic heterocycles. The van der Waals surface area contributed by atoms with Crippen LogP contribution >= 0.6 is 0 Å². The highest BCUT2D eigenvalue weighted by atomic mass is 15.4. The third-order valence-electron chi connectivity index (χ3n) is 4.79. The van der Waals surface area contributed by atoms with Crippen molar-refractivity contribution >= 4 is 11.4 Å². The van der Waals surface area contributed by atoms with Crippen molar-refractivity contribution in [2.45, 2.75) is 38.5 Å². The van der Waals surface area contributed by atoms with E-state index in [1.807, 2.05) is 30.2 Å². The van der Waals surface area contributed by atoms with Gasteiger partial charge in [-0.25, -0.2) is 4.99 Å². The number of rotatable bonds is 4. The van der Waals surface area contributed by atoms with Gasteiger partial charge < -0.3 is 10.2 Å². The quantitative estimate of drug-likeness (QED) is 0.939. The van der Waals surface area contributed by atoms with Crippen molar-refractivity contribution in [3.05, 3.63) is 60.1 Å². The minimum atomic E-state index is -0.0848. The first-order valence-electron chi connectivity index (χ1n) is 8.55. The predicted molar refractivity (Wildman–Crippen MR) is 96.8 cm³/mol. The minimum absolute atomic E-state index is 0.0848. The van der Waals surface area contributed by atoms with E-state index >= 15 is 0 Å². The van der Waals surface area contributed by atoms with Crippen LogP contribution in [0.5, 0.6) is 0 Å². The number of nitrogens with one attached hydrogen (secondary N) is 1.